The molecule has 0 aromatic heterocycles. The summed E-state index contributed by atoms with van der Waals surface area (Å²) in [5.41, 5.74) is 0.701. The van der Waals surface area contributed by atoms with Crippen LogP contribution in [-0.4, -0.2) is 32.3 Å². The topological polar surface area (TPSA) is 47.6 Å². The number of carbonyl (C=O) groups is 1. The van der Waals surface area contributed by atoms with Gasteiger partial charge in [0.15, 0.2) is 0 Å². The Labute approximate surface area is 106 Å². The van der Waals surface area contributed by atoms with Crippen molar-refractivity contribution in [2.24, 2.45) is 0 Å². The number of hydrogen-bond donors (Lipinski definition) is 1. The lowest BCUT2D eigenvalue weighted by atomic mass is 10.1. The summed E-state index contributed by atoms with van der Waals surface area (Å²) in [6.45, 7) is 3.82. The Morgan fingerprint density at radius 1 is 1.33 bits per heavy atom. The predicted molar refractivity (Wildman–Crippen MR) is 67.3 cm³/mol. The maximum Gasteiger partial charge on any atom is 0.340 e. The normalized spacial score (nSPS) is 13.8. The van der Waals surface area contributed by atoms with Gasteiger partial charge < -0.3 is 14.8 Å². The van der Waals surface area contributed by atoms with E-state index in [2.05, 4.69) is 10.1 Å². The lowest BCUT2D eigenvalue weighted by Gasteiger charge is -2.22. The zero-order chi connectivity index (χ0) is 13.7. The van der Waals surface area contributed by atoms with E-state index in [9.17, 15) is 9.18 Å². The van der Waals surface area contributed by atoms with Crippen molar-refractivity contribution in [3.8, 4) is 0 Å². The molecular formula is C13H18FNO3. The van der Waals surface area contributed by atoms with Crippen molar-refractivity contribution < 1.29 is 18.7 Å². The van der Waals surface area contributed by atoms with Gasteiger partial charge >= 0.3 is 5.97 Å². The molecule has 5 heteroatoms. The number of ether oxygens (including phenoxy) is 2. The highest BCUT2D eigenvalue weighted by molar-refractivity contribution is 5.95. The molecule has 0 fully saturated rings. The number of benzene rings is 1. The summed E-state index contributed by atoms with van der Waals surface area (Å²) in [7, 11) is 2.87. The molecule has 0 aliphatic rings. The molecule has 0 heterocycles. The van der Waals surface area contributed by atoms with E-state index < -0.39 is 11.8 Å². The molecule has 18 heavy (non-hydrogen) atoms. The zero-order valence-electron chi connectivity index (χ0n) is 11.0. The minimum atomic E-state index is -0.575. The van der Waals surface area contributed by atoms with Crippen LogP contribution in [0.15, 0.2) is 18.2 Å². The molecule has 1 N–H and O–H groups in total. The number of anilines is 1. The van der Waals surface area contributed by atoms with Crippen molar-refractivity contribution in [2.45, 2.75) is 26.0 Å². The van der Waals surface area contributed by atoms with Crippen LogP contribution in [-0.2, 0) is 9.47 Å². The molecule has 0 saturated heterocycles. The van der Waals surface area contributed by atoms with Gasteiger partial charge in [0.2, 0.25) is 0 Å². The van der Waals surface area contributed by atoms with Crippen LogP contribution < -0.4 is 5.32 Å². The van der Waals surface area contributed by atoms with Crippen LogP contribution in [0.4, 0.5) is 10.1 Å². The van der Waals surface area contributed by atoms with Crippen LogP contribution in [0, 0.1) is 5.82 Å². The molecule has 0 saturated carbocycles. The first-order valence-corrected chi connectivity index (χ1v) is 5.66. The highest BCUT2D eigenvalue weighted by atomic mass is 19.1. The first-order chi connectivity index (χ1) is 8.49. The van der Waals surface area contributed by atoms with Crippen molar-refractivity contribution in [3.63, 3.8) is 0 Å². The third-order valence-corrected chi connectivity index (χ3v) is 2.85. The zero-order valence-corrected chi connectivity index (χ0v) is 11.0. The van der Waals surface area contributed by atoms with Gasteiger partial charge in [0.05, 0.1) is 18.8 Å². The van der Waals surface area contributed by atoms with Gasteiger partial charge in [0.25, 0.3) is 0 Å². The van der Waals surface area contributed by atoms with Crippen molar-refractivity contribution >= 4 is 11.7 Å². The Kier molecular flexibility index (Phi) is 5.09. The second kappa shape index (κ2) is 6.35. The van der Waals surface area contributed by atoms with Crippen molar-refractivity contribution in [2.75, 3.05) is 19.5 Å². The molecule has 1 aromatic carbocycles. The van der Waals surface area contributed by atoms with E-state index >= 15 is 0 Å². The van der Waals surface area contributed by atoms with Crippen LogP contribution in [0.25, 0.3) is 0 Å². The van der Waals surface area contributed by atoms with Gasteiger partial charge in [-0.2, -0.15) is 0 Å². The maximum atomic E-state index is 13.1. The minimum Gasteiger partial charge on any atom is -0.465 e. The highest BCUT2D eigenvalue weighted by Gasteiger charge is 2.17. The van der Waals surface area contributed by atoms with Crippen LogP contribution in [0.3, 0.4) is 0 Å². The maximum absolute atomic E-state index is 13.1. The van der Waals surface area contributed by atoms with E-state index in [0.717, 1.165) is 6.07 Å². The number of rotatable bonds is 5. The summed E-state index contributed by atoms with van der Waals surface area (Å²) >= 11 is 0. The average Bonchev–Trinajstić information content (AvgIpc) is 2.38. The molecule has 100 valence electrons. The second-order valence-electron chi connectivity index (χ2n) is 4.06. The molecule has 0 aliphatic heterocycles. The van der Waals surface area contributed by atoms with Gasteiger partial charge in [-0.1, -0.05) is 0 Å². The number of halogens is 1. The number of nitrogens with one attached hydrogen (secondary N) is 1. The molecule has 0 radical (unpaired) electrons. The fourth-order valence-electron chi connectivity index (χ4n) is 1.49. The first-order valence-electron chi connectivity index (χ1n) is 5.66. The summed E-state index contributed by atoms with van der Waals surface area (Å²) in [5, 5.41) is 3.11. The van der Waals surface area contributed by atoms with E-state index in [0.29, 0.717) is 5.69 Å². The number of esters is 1. The van der Waals surface area contributed by atoms with Crippen LogP contribution >= 0.6 is 0 Å². The molecule has 0 bridgehead atoms. The van der Waals surface area contributed by atoms with Gasteiger partial charge in [-0.3, -0.25) is 0 Å². The Bertz CT molecular complexity index is 423. The number of carbonyl (C=O) groups excluding carboxylic acids is 1. The van der Waals surface area contributed by atoms with Gasteiger partial charge in [-0.05, 0) is 32.0 Å². The smallest absolute Gasteiger partial charge is 0.340 e. The van der Waals surface area contributed by atoms with Gasteiger partial charge in [-0.25, -0.2) is 9.18 Å². The quantitative estimate of drug-likeness (QED) is 0.821. The number of hydrogen-bond acceptors (Lipinski definition) is 4. The second-order valence-corrected chi connectivity index (χ2v) is 4.06. The van der Waals surface area contributed by atoms with Crippen LogP contribution in [0.1, 0.15) is 24.2 Å². The van der Waals surface area contributed by atoms with Crippen molar-refractivity contribution in [1.82, 2.24) is 0 Å². The first kappa shape index (κ1) is 14.4. The van der Waals surface area contributed by atoms with Gasteiger partial charge in [-0.15, -0.1) is 0 Å². The summed E-state index contributed by atoms with van der Waals surface area (Å²) < 4.78 is 23.0. The Hall–Kier alpha value is -1.62. The minimum absolute atomic E-state index is 0.0242. The monoisotopic (exact) mass is 255 g/mol. The van der Waals surface area contributed by atoms with Crippen LogP contribution in [0.5, 0.6) is 0 Å². The lowest BCUT2D eigenvalue weighted by Crippen LogP contribution is -2.30. The van der Waals surface area contributed by atoms with E-state index in [1.54, 1.807) is 7.11 Å². The molecule has 1 aromatic rings. The van der Waals surface area contributed by atoms with Gasteiger partial charge in [0, 0.05) is 18.8 Å². The van der Waals surface area contributed by atoms with E-state index in [1.165, 1.54) is 19.2 Å². The lowest BCUT2D eigenvalue weighted by molar-refractivity contribution is 0.0600. The Balaban J connectivity index is 2.98. The van der Waals surface area contributed by atoms with E-state index in [1.807, 2.05) is 13.8 Å². The molecule has 0 spiro atoms. The molecule has 0 amide bonds. The standard InChI is InChI=1S/C13H18FNO3/c1-8(9(2)17-3)15-12-6-5-10(14)7-11(12)13(16)18-4/h5-9,15H,1-4H3. The summed E-state index contributed by atoms with van der Waals surface area (Å²) in [6, 6.07) is 3.93. The molecule has 0 aliphatic carbocycles. The Morgan fingerprint density at radius 2 is 2.00 bits per heavy atom. The van der Waals surface area contributed by atoms with Gasteiger partial charge in [0.1, 0.15) is 5.82 Å². The average molecular weight is 255 g/mol. The summed E-state index contributed by atoms with van der Waals surface area (Å²) in [4.78, 5) is 11.5. The molecule has 1 rings (SSSR count). The van der Waals surface area contributed by atoms with Crippen LogP contribution in [0.2, 0.25) is 0 Å². The predicted octanol–water partition coefficient (Wildman–Crippen LogP) is 2.45. The van der Waals surface area contributed by atoms with E-state index in [-0.39, 0.29) is 17.7 Å². The third-order valence-electron chi connectivity index (χ3n) is 2.85. The number of methoxy groups -OCH3 is 2. The molecule has 2 unspecified atom stereocenters. The third kappa shape index (κ3) is 3.43. The molecule has 2 atom stereocenters. The molecular weight excluding hydrogens is 237 g/mol. The van der Waals surface area contributed by atoms with Crippen molar-refractivity contribution in [3.05, 3.63) is 29.6 Å². The highest BCUT2D eigenvalue weighted by Crippen LogP contribution is 2.20. The fraction of sp³-hybridized carbons (Fsp3) is 0.462. The SMILES string of the molecule is COC(=O)c1cc(F)ccc1NC(C)C(C)OC. The summed E-state index contributed by atoms with van der Waals surface area (Å²) in [5.74, 6) is -1.05. The summed E-state index contributed by atoms with van der Waals surface area (Å²) in [6.07, 6.45) is -0.0412. The Morgan fingerprint density at radius 3 is 2.56 bits per heavy atom. The van der Waals surface area contributed by atoms with Crippen molar-refractivity contribution in [1.29, 1.82) is 0 Å². The van der Waals surface area contributed by atoms with E-state index in [4.69, 9.17) is 4.74 Å². The largest absolute Gasteiger partial charge is 0.465 e. The fourth-order valence-corrected chi connectivity index (χ4v) is 1.49. The molecule has 4 nitrogen and oxygen atoms in total.